The second kappa shape index (κ2) is 16.1. The molecule has 0 heterocycles. The average Bonchev–Trinajstić information content (AvgIpc) is 2.45. The molecule has 0 amide bonds. The molecular formula is C18H33BrO2. The first-order chi connectivity index (χ1) is 10.2. The maximum atomic E-state index is 10.3. The normalized spacial score (nSPS) is 12.9. The summed E-state index contributed by atoms with van der Waals surface area (Å²) in [5.41, 5.74) is 0. The van der Waals surface area contributed by atoms with Gasteiger partial charge in [0.05, 0.1) is 0 Å². The lowest BCUT2D eigenvalue weighted by molar-refractivity contribution is -0.137. The van der Waals surface area contributed by atoms with E-state index in [0.717, 1.165) is 25.7 Å². The fourth-order valence-electron chi connectivity index (χ4n) is 2.34. The van der Waals surface area contributed by atoms with E-state index in [0.29, 0.717) is 11.2 Å². The number of hydrogen-bond donors (Lipinski definition) is 1. The van der Waals surface area contributed by atoms with Crippen LogP contribution in [-0.4, -0.2) is 15.9 Å². The monoisotopic (exact) mass is 360 g/mol. The van der Waals surface area contributed by atoms with Gasteiger partial charge in [-0.15, -0.1) is 0 Å². The van der Waals surface area contributed by atoms with Gasteiger partial charge in [-0.1, -0.05) is 80.0 Å². The molecule has 1 N–H and O–H groups in total. The van der Waals surface area contributed by atoms with Crippen LogP contribution in [-0.2, 0) is 4.79 Å². The predicted molar refractivity (Wildman–Crippen MR) is 95.2 cm³/mol. The van der Waals surface area contributed by atoms with Gasteiger partial charge in [0, 0.05) is 11.2 Å². The van der Waals surface area contributed by atoms with E-state index >= 15 is 0 Å². The van der Waals surface area contributed by atoms with Crippen LogP contribution in [0.3, 0.4) is 0 Å². The summed E-state index contributed by atoms with van der Waals surface area (Å²) in [5.74, 6) is -0.669. The van der Waals surface area contributed by atoms with Gasteiger partial charge in [-0.05, 0) is 32.1 Å². The Morgan fingerprint density at radius 3 is 2.38 bits per heavy atom. The highest BCUT2D eigenvalue weighted by Crippen LogP contribution is 2.16. The van der Waals surface area contributed by atoms with Crippen LogP contribution in [0.1, 0.15) is 90.4 Å². The van der Waals surface area contributed by atoms with E-state index in [4.69, 9.17) is 5.11 Å². The molecular weight excluding hydrogens is 328 g/mol. The Balaban J connectivity index is 3.26. The number of halogens is 1. The van der Waals surface area contributed by atoms with Gasteiger partial charge in [0.25, 0.3) is 0 Å². The SMILES string of the molecule is CCCCCCC(Br)CC=CCCCCCCCC(=O)O. The lowest BCUT2D eigenvalue weighted by Crippen LogP contribution is -1.95. The second-order valence-corrected chi connectivity index (χ2v) is 7.15. The van der Waals surface area contributed by atoms with Crippen molar-refractivity contribution in [2.24, 2.45) is 0 Å². The number of alkyl halides is 1. The van der Waals surface area contributed by atoms with Gasteiger partial charge < -0.3 is 5.11 Å². The molecule has 0 aliphatic heterocycles. The van der Waals surface area contributed by atoms with Gasteiger partial charge in [0.1, 0.15) is 0 Å². The molecule has 1 unspecified atom stereocenters. The third-order valence-electron chi connectivity index (χ3n) is 3.69. The maximum absolute atomic E-state index is 10.3. The first-order valence-electron chi connectivity index (χ1n) is 8.67. The maximum Gasteiger partial charge on any atom is 0.303 e. The Morgan fingerprint density at radius 1 is 1.00 bits per heavy atom. The van der Waals surface area contributed by atoms with Crippen molar-refractivity contribution in [1.82, 2.24) is 0 Å². The minimum Gasteiger partial charge on any atom is -0.481 e. The molecule has 0 bridgehead atoms. The zero-order valence-corrected chi connectivity index (χ0v) is 15.2. The number of hydrogen-bond acceptors (Lipinski definition) is 1. The Hall–Kier alpha value is -0.310. The van der Waals surface area contributed by atoms with Gasteiger partial charge in [0.2, 0.25) is 0 Å². The summed E-state index contributed by atoms with van der Waals surface area (Å²) in [4.78, 5) is 11.0. The molecule has 21 heavy (non-hydrogen) atoms. The number of carbonyl (C=O) groups is 1. The van der Waals surface area contributed by atoms with Crippen LogP contribution in [0.4, 0.5) is 0 Å². The fraction of sp³-hybridized carbons (Fsp3) is 0.833. The lowest BCUT2D eigenvalue weighted by Gasteiger charge is -2.06. The van der Waals surface area contributed by atoms with Crippen LogP contribution >= 0.6 is 15.9 Å². The van der Waals surface area contributed by atoms with Gasteiger partial charge in [-0.2, -0.15) is 0 Å². The third kappa shape index (κ3) is 17.6. The van der Waals surface area contributed by atoms with Crippen LogP contribution in [0.15, 0.2) is 12.2 Å². The standard InChI is InChI=1S/C18H33BrO2/c1-2-3-4-11-14-17(19)15-12-9-7-5-6-8-10-13-16-18(20)21/h9,12,17H,2-8,10-11,13-16H2,1H3,(H,20,21). The topological polar surface area (TPSA) is 37.3 Å². The molecule has 0 fully saturated rings. The molecule has 0 aromatic carbocycles. The summed E-state index contributed by atoms with van der Waals surface area (Å²) in [6.45, 7) is 2.25. The van der Waals surface area contributed by atoms with Crippen molar-refractivity contribution in [2.45, 2.75) is 95.2 Å². The van der Waals surface area contributed by atoms with Crippen molar-refractivity contribution >= 4 is 21.9 Å². The van der Waals surface area contributed by atoms with Crippen molar-refractivity contribution in [3.63, 3.8) is 0 Å². The lowest BCUT2D eigenvalue weighted by atomic mass is 10.1. The average molecular weight is 361 g/mol. The summed E-state index contributed by atoms with van der Waals surface area (Å²) < 4.78 is 0. The highest BCUT2D eigenvalue weighted by atomic mass is 79.9. The summed E-state index contributed by atoms with van der Waals surface area (Å²) in [6.07, 6.45) is 19.4. The van der Waals surface area contributed by atoms with Gasteiger partial charge in [-0.25, -0.2) is 0 Å². The molecule has 0 aliphatic rings. The minimum atomic E-state index is -0.669. The highest BCUT2D eigenvalue weighted by Gasteiger charge is 2.00. The zero-order valence-electron chi connectivity index (χ0n) is 13.7. The van der Waals surface area contributed by atoms with E-state index in [-0.39, 0.29) is 0 Å². The van der Waals surface area contributed by atoms with E-state index in [2.05, 4.69) is 35.0 Å². The van der Waals surface area contributed by atoms with Crippen molar-refractivity contribution in [3.8, 4) is 0 Å². The summed E-state index contributed by atoms with van der Waals surface area (Å²) in [5, 5.41) is 8.53. The van der Waals surface area contributed by atoms with E-state index in [1.807, 2.05) is 0 Å². The van der Waals surface area contributed by atoms with Crippen molar-refractivity contribution in [2.75, 3.05) is 0 Å². The molecule has 0 aromatic rings. The first kappa shape index (κ1) is 20.7. The molecule has 0 saturated heterocycles. The van der Waals surface area contributed by atoms with Crippen LogP contribution in [0.25, 0.3) is 0 Å². The number of carboxylic acid groups (broad SMARTS) is 1. The number of rotatable bonds is 15. The number of aliphatic carboxylic acids is 1. The van der Waals surface area contributed by atoms with Crippen LogP contribution in [0, 0.1) is 0 Å². The van der Waals surface area contributed by atoms with E-state index in [1.54, 1.807) is 0 Å². The molecule has 0 radical (unpaired) electrons. The third-order valence-corrected chi connectivity index (χ3v) is 4.52. The minimum absolute atomic E-state index is 0.324. The van der Waals surface area contributed by atoms with Crippen LogP contribution in [0.5, 0.6) is 0 Å². The Morgan fingerprint density at radius 2 is 1.67 bits per heavy atom. The Labute approximate surface area is 139 Å². The predicted octanol–water partition coefficient (Wildman–Crippen LogP) is 6.48. The quantitative estimate of drug-likeness (QED) is 0.206. The molecule has 124 valence electrons. The van der Waals surface area contributed by atoms with E-state index < -0.39 is 5.97 Å². The number of carboxylic acids is 1. The fourth-order valence-corrected chi connectivity index (χ4v) is 2.88. The molecule has 2 nitrogen and oxygen atoms in total. The van der Waals surface area contributed by atoms with Crippen LogP contribution in [0.2, 0.25) is 0 Å². The second-order valence-electron chi connectivity index (χ2n) is 5.85. The Kier molecular flexibility index (Phi) is 15.8. The van der Waals surface area contributed by atoms with E-state index in [9.17, 15) is 4.79 Å². The molecule has 0 spiro atoms. The molecule has 0 aromatic heterocycles. The van der Waals surface area contributed by atoms with E-state index in [1.165, 1.54) is 51.4 Å². The first-order valence-corrected chi connectivity index (χ1v) is 9.59. The smallest absolute Gasteiger partial charge is 0.303 e. The largest absolute Gasteiger partial charge is 0.481 e. The van der Waals surface area contributed by atoms with Crippen molar-refractivity contribution in [3.05, 3.63) is 12.2 Å². The molecule has 0 saturated carbocycles. The van der Waals surface area contributed by atoms with Gasteiger partial charge in [0.15, 0.2) is 0 Å². The zero-order chi connectivity index (χ0) is 15.8. The van der Waals surface area contributed by atoms with Gasteiger partial charge in [-0.3, -0.25) is 4.79 Å². The number of allylic oxidation sites excluding steroid dienone is 2. The molecule has 3 heteroatoms. The molecule has 0 aliphatic carbocycles. The van der Waals surface area contributed by atoms with Crippen molar-refractivity contribution < 1.29 is 9.90 Å². The Bertz CT molecular complexity index is 264. The highest BCUT2D eigenvalue weighted by molar-refractivity contribution is 9.09. The summed E-state index contributed by atoms with van der Waals surface area (Å²) >= 11 is 3.75. The van der Waals surface area contributed by atoms with Crippen molar-refractivity contribution in [1.29, 1.82) is 0 Å². The van der Waals surface area contributed by atoms with Gasteiger partial charge >= 0.3 is 5.97 Å². The van der Waals surface area contributed by atoms with Crippen LogP contribution < -0.4 is 0 Å². The summed E-state index contributed by atoms with van der Waals surface area (Å²) in [7, 11) is 0. The molecule has 1 atom stereocenters. The molecule has 0 rings (SSSR count). The number of unbranched alkanes of at least 4 members (excludes halogenated alkanes) is 8. The summed E-state index contributed by atoms with van der Waals surface area (Å²) in [6, 6.07) is 0.